The topological polar surface area (TPSA) is 23.5 Å². The summed E-state index contributed by atoms with van der Waals surface area (Å²) in [5, 5.41) is 10.9. The molecule has 0 heterocycles. The third-order valence-electron chi connectivity index (χ3n) is 5.42. The Morgan fingerprint density at radius 2 is 1.38 bits per heavy atom. The molecule has 0 amide bonds. The molecule has 1 saturated carbocycles. The van der Waals surface area contributed by atoms with Crippen molar-refractivity contribution < 1.29 is 5.11 Å². The summed E-state index contributed by atoms with van der Waals surface area (Å²) in [7, 11) is 2.26. The van der Waals surface area contributed by atoms with Gasteiger partial charge in [-0.05, 0) is 47.4 Å². The van der Waals surface area contributed by atoms with Crippen LogP contribution in [0, 0.1) is 0 Å². The maximum Gasteiger partial charge on any atom is 0.123 e. The van der Waals surface area contributed by atoms with Gasteiger partial charge in [0, 0.05) is 12.6 Å². The van der Waals surface area contributed by atoms with Crippen molar-refractivity contribution in [1.82, 2.24) is 4.90 Å². The lowest BCUT2D eigenvalue weighted by molar-refractivity contribution is 0.184. The number of phenols is 1. The van der Waals surface area contributed by atoms with Crippen LogP contribution in [0.25, 0.3) is 0 Å². The molecule has 1 N–H and O–H groups in total. The zero-order valence-electron chi connectivity index (χ0n) is 16.9. The van der Waals surface area contributed by atoms with E-state index in [-0.39, 0.29) is 10.8 Å². The fraction of sp³-hybridized carbons (Fsp3) is 0.727. The number of hydrogen-bond donors (Lipinski definition) is 1. The van der Waals surface area contributed by atoms with Gasteiger partial charge in [0.1, 0.15) is 5.75 Å². The number of aromatic hydroxyl groups is 1. The summed E-state index contributed by atoms with van der Waals surface area (Å²) in [5.74, 6) is 0.485. The maximum atomic E-state index is 10.9. The SMILES string of the molecule is CN(Cc1cc(C(C)(C)C)c(O)c(C(C)(C)C)c1)C1CCCCC1. The first-order valence-electron chi connectivity index (χ1n) is 9.57. The zero-order chi connectivity index (χ0) is 18.1. The number of phenolic OH excluding ortho intramolecular Hbond substituents is 1. The van der Waals surface area contributed by atoms with Gasteiger partial charge in [-0.3, -0.25) is 4.90 Å². The van der Waals surface area contributed by atoms with Gasteiger partial charge in [-0.2, -0.15) is 0 Å². The summed E-state index contributed by atoms with van der Waals surface area (Å²) in [5.41, 5.74) is 3.37. The minimum absolute atomic E-state index is 0.0521. The Morgan fingerprint density at radius 1 is 0.917 bits per heavy atom. The fourth-order valence-corrected chi connectivity index (χ4v) is 3.87. The molecule has 0 spiro atoms. The van der Waals surface area contributed by atoms with Crippen LogP contribution in [-0.2, 0) is 17.4 Å². The van der Waals surface area contributed by atoms with Gasteiger partial charge in [0.25, 0.3) is 0 Å². The monoisotopic (exact) mass is 331 g/mol. The Kier molecular flexibility index (Phi) is 5.69. The number of rotatable bonds is 3. The van der Waals surface area contributed by atoms with Crippen LogP contribution in [0.5, 0.6) is 5.75 Å². The van der Waals surface area contributed by atoms with Crippen molar-refractivity contribution in [3.05, 3.63) is 28.8 Å². The van der Waals surface area contributed by atoms with E-state index in [1.165, 1.54) is 37.7 Å². The zero-order valence-corrected chi connectivity index (χ0v) is 16.9. The van der Waals surface area contributed by atoms with Crippen molar-refractivity contribution in [2.24, 2.45) is 0 Å². The summed E-state index contributed by atoms with van der Waals surface area (Å²) < 4.78 is 0. The number of hydrogen-bond acceptors (Lipinski definition) is 2. The highest BCUT2D eigenvalue weighted by atomic mass is 16.3. The predicted molar refractivity (Wildman–Crippen MR) is 104 cm³/mol. The summed E-state index contributed by atoms with van der Waals surface area (Å²) in [6.07, 6.45) is 6.78. The predicted octanol–water partition coefficient (Wildman–Crippen LogP) is 5.75. The van der Waals surface area contributed by atoms with Gasteiger partial charge in [-0.15, -0.1) is 0 Å². The van der Waals surface area contributed by atoms with Crippen molar-refractivity contribution in [1.29, 1.82) is 0 Å². The van der Waals surface area contributed by atoms with E-state index in [4.69, 9.17) is 0 Å². The van der Waals surface area contributed by atoms with E-state index in [2.05, 4.69) is 65.6 Å². The van der Waals surface area contributed by atoms with Gasteiger partial charge in [0.05, 0.1) is 0 Å². The van der Waals surface area contributed by atoms with E-state index in [1.807, 2.05) is 0 Å². The second-order valence-electron chi connectivity index (χ2n) is 9.75. The first kappa shape index (κ1) is 19.3. The highest BCUT2D eigenvalue weighted by Crippen LogP contribution is 2.40. The molecule has 0 saturated heterocycles. The van der Waals surface area contributed by atoms with Crippen molar-refractivity contribution >= 4 is 0 Å². The van der Waals surface area contributed by atoms with Gasteiger partial charge < -0.3 is 5.11 Å². The molecule has 0 atom stereocenters. The molecule has 136 valence electrons. The van der Waals surface area contributed by atoms with E-state index >= 15 is 0 Å². The molecule has 1 aromatic rings. The van der Waals surface area contributed by atoms with Crippen molar-refractivity contribution in [3.8, 4) is 5.75 Å². The van der Waals surface area contributed by atoms with Crippen LogP contribution in [0.4, 0.5) is 0 Å². The van der Waals surface area contributed by atoms with Crippen molar-refractivity contribution in [3.63, 3.8) is 0 Å². The van der Waals surface area contributed by atoms with Crippen LogP contribution in [0.2, 0.25) is 0 Å². The lowest BCUT2D eigenvalue weighted by Gasteiger charge is -2.33. The van der Waals surface area contributed by atoms with Crippen molar-refractivity contribution in [2.75, 3.05) is 7.05 Å². The van der Waals surface area contributed by atoms with Gasteiger partial charge in [-0.25, -0.2) is 0 Å². The molecule has 2 nitrogen and oxygen atoms in total. The van der Waals surface area contributed by atoms with Gasteiger partial charge >= 0.3 is 0 Å². The molecule has 0 radical (unpaired) electrons. The molecule has 0 aliphatic heterocycles. The van der Waals surface area contributed by atoms with Crippen LogP contribution in [0.1, 0.15) is 90.3 Å². The largest absolute Gasteiger partial charge is 0.507 e. The van der Waals surface area contributed by atoms with E-state index < -0.39 is 0 Å². The van der Waals surface area contributed by atoms with E-state index in [9.17, 15) is 5.11 Å². The van der Waals surface area contributed by atoms with Crippen LogP contribution >= 0.6 is 0 Å². The molecule has 0 bridgehead atoms. The third-order valence-corrected chi connectivity index (χ3v) is 5.42. The third kappa shape index (κ3) is 4.53. The fourth-order valence-electron chi connectivity index (χ4n) is 3.87. The minimum Gasteiger partial charge on any atom is -0.507 e. The van der Waals surface area contributed by atoms with Crippen LogP contribution in [-0.4, -0.2) is 23.1 Å². The van der Waals surface area contributed by atoms with Crippen LogP contribution < -0.4 is 0 Å². The average Bonchev–Trinajstić information content (AvgIpc) is 2.47. The van der Waals surface area contributed by atoms with Crippen LogP contribution in [0.15, 0.2) is 12.1 Å². The minimum atomic E-state index is -0.0521. The van der Waals surface area contributed by atoms with Crippen molar-refractivity contribution in [2.45, 2.75) is 97.1 Å². The van der Waals surface area contributed by atoms with E-state index in [0.717, 1.165) is 17.7 Å². The molecule has 0 unspecified atom stereocenters. The van der Waals surface area contributed by atoms with Gasteiger partial charge in [-0.1, -0.05) is 72.9 Å². The summed E-state index contributed by atoms with van der Waals surface area (Å²) in [6, 6.07) is 5.16. The lowest BCUT2D eigenvalue weighted by Crippen LogP contribution is -2.33. The Hall–Kier alpha value is -1.02. The molecular formula is C22H37NO. The first-order chi connectivity index (χ1) is 11.0. The maximum absolute atomic E-state index is 10.9. The Morgan fingerprint density at radius 3 is 1.79 bits per heavy atom. The molecule has 1 aliphatic carbocycles. The first-order valence-corrected chi connectivity index (χ1v) is 9.57. The van der Waals surface area contributed by atoms with Gasteiger partial charge in [0.15, 0.2) is 0 Å². The molecular weight excluding hydrogens is 294 g/mol. The van der Waals surface area contributed by atoms with Crippen LogP contribution in [0.3, 0.4) is 0 Å². The summed E-state index contributed by atoms with van der Waals surface area (Å²) >= 11 is 0. The lowest BCUT2D eigenvalue weighted by atomic mass is 9.78. The molecule has 1 fully saturated rings. The summed E-state index contributed by atoms with van der Waals surface area (Å²) in [4.78, 5) is 2.52. The number of benzene rings is 1. The second kappa shape index (κ2) is 7.07. The quantitative estimate of drug-likeness (QED) is 0.762. The molecule has 24 heavy (non-hydrogen) atoms. The number of nitrogens with zero attached hydrogens (tertiary/aromatic N) is 1. The van der Waals surface area contributed by atoms with Gasteiger partial charge in [0.2, 0.25) is 0 Å². The van der Waals surface area contributed by atoms with E-state index in [1.54, 1.807) is 0 Å². The normalized spacial score (nSPS) is 17.5. The standard InChI is InChI=1S/C22H37NO/c1-21(2,3)18-13-16(14-19(20(18)24)22(4,5)6)15-23(7)17-11-9-8-10-12-17/h13-14,17,24H,8-12,15H2,1-7H3. The average molecular weight is 332 g/mol. The highest BCUT2D eigenvalue weighted by Gasteiger charge is 2.27. The highest BCUT2D eigenvalue weighted by molar-refractivity contribution is 5.49. The Bertz CT molecular complexity index is 521. The molecule has 1 aromatic carbocycles. The summed E-state index contributed by atoms with van der Waals surface area (Å²) in [6.45, 7) is 14.1. The molecule has 0 aromatic heterocycles. The Balaban J connectivity index is 2.35. The molecule has 2 rings (SSSR count). The Labute approximate surface area is 149 Å². The molecule has 2 heteroatoms. The second-order valence-corrected chi connectivity index (χ2v) is 9.75. The van der Waals surface area contributed by atoms with E-state index in [0.29, 0.717) is 11.8 Å². The smallest absolute Gasteiger partial charge is 0.123 e. The molecule has 1 aliphatic rings.